The summed E-state index contributed by atoms with van der Waals surface area (Å²) in [5.41, 5.74) is 1.05. The molecular weight excluding hydrogens is 479 g/mol. The van der Waals surface area contributed by atoms with Crippen molar-refractivity contribution in [2.24, 2.45) is 4.99 Å². The Morgan fingerprint density at radius 3 is 2.63 bits per heavy atom. The highest BCUT2D eigenvalue weighted by Gasteiger charge is 2.26. The van der Waals surface area contributed by atoms with Crippen LogP contribution >= 0.6 is 11.6 Å². The Bertz CT molecular complexity index is 1370. The number of halogens is 2. The van der Waals surface area contributed by atoms with Crippen LogP contribution < -0.4 is 9.47 Å². The number of carbonyl (C=O) groups excluding carboxylic acids is 1. The van der Waals surface area contributed by atoms with Gasteiger partial charge in [-0.3, -0.25) is 10.1 Å². The third kappa shape index (κ3) is 5.47. The largest absolute Gasteiger partial charge is 0.490 e. The van der Waals surface area contributed by atoms with E-state index in [1.807, 2.05) is 6.92 Å². The molecule has 0 spiro atoms. The van der Waals surface area contributed by atoms with Gasteiger partial charge in [0.1, 0.15) is 12.4 Å². The average molecular weight is 497 g/mol. The highest BCUT2D eigenvalue weighted by atomic mass is 35.5. The van der Waals surface area contributed by atoms with Gasteiger partial charge in [0.25, 0.3) is 5.69 Å². The van der Waals surface area contributed by atoms with E-state index in [0.29, 0.717) is 29.2 Å². The van der Waals surface area contributed by atoms with E-state index in [1.54, 1.807) is 36.4 Å². The molecule has 0 radical (unpaired) electrons. The number of ether oxygens (including phenoxy) is 3. The van der Waals surface area contributed by atoms with E-state index in [-0.39, 0.29) is 40.3 Å². The van der Waals surface area contributed by atoms with Gasteiger partial charge in [-0.25, -0.2) is 14.2 Å². The molecule has 1 aliphatic rings. The van der Waals surface area contributed by atoms with Gasteiger partial charge in [0.15, 0.2) is 17.2 Å². The fraction of sp³-hybridized carbons (Fsp3) is 0.120. The van der Waals surface area contributed by atoms with Crippen molar-refractivity contribution in [3.05, 3.63) is 104 Å². The average Bonchev–Trinajstić information content (AvgIpc) is 3.19. The summed E-state index contributed by atoms with van der Waals surface area (Å²) in [5.74, 6) is -0.308. The van der Waals surface area contributed by atoms with Crippen LogP contribution in [-0.2, 0) is 16.1 Å². The number of aliphatic imine (C=N–C) groups is 1. The molecule has 3 aromatic carbocycles. The second-order valence-corrected chi connectivity index (χ2v) is 7.68. The Morgan fingerprint density at radius 2 is 1.91 bits per heavy atom. The maximum atomic E-state index is 13.9. The summed E-state index contributed by atoms with van der Waals surface area (Å²) in [6.07, 6.45) is 1.50. The molecule has 3 aromatic rings. The van der Waals surface area contributed by atoms with E-state index in [2.05, 4.69) is 4.99 Å². The van der Waals surface area contributed by atoms with Gasteiger partial charge in [-0.05, 0) is 42.8 Å². The Balaban J connectivity index is 1.58. The van der Waals surface area contributed by atoms with E-state index in [4.69, 9.17) is 25.8 Å². The second-order valence-electron chi connectivity index (χ2n) is 7.28. The molecule has 0 saturated heterocycles. The number of carbonyl (C=O) groups is 1. The molecule has 1 aliphatic heterocycles. The highest BCUT2D eigenvalue weighted by molar-refractivity contribution is 6.34. The lowest BCUT2D eigenvalue weighted by Crippen LogP contribution is -2.06. The minimum absolute atomic E-state index is 0.0110. The number of hydrogen-bond donors (Lipinski definition) is 0. The first-order valence-electron chi connectivity index (χ1n) is 10.5. The van der Waals surface area contributed by atoms with Gasteiger partial charge in [-0.15, -0.1) is 0 Å². The second kappa shape index (κ2) is 10.4. The van der Waals surface area contributed by atoms with E-state index in [9.17, 15) is 19.3 Å². The van der Waals surface area contributed by atoms with Crippen LogP contribution in [0.3, 0.4) is 0 Å². The van der Waals surface area contributed by atoms with Crippen LogP contribution in [0.5, 0.6) is 11.5 Å². The van der Waals surface area contributed by atoms with Gasteiger partial charge in [-0.2, -0.15) is 0 Å². The van der Waals surface area contributed by atoms with Crippen LogP contribution in [0.4, 0.5) is 10.1 Å². The number of esters is 1. The molecule has 0 N–H and O–H groups in total. The lowest BCUT2D eigenvalue weighted by atomic mass is 10.1. The molecular formula is C25H18ClFN2O6. The normalized spacial score (nSPS) is 14.0. The van der Waals surface area contributed by atoms with Crippen molar-refractivity contribution in [3.8, 4) is 11.5 Å². The Morgan fingerprint density at radius 1 is 1.11 bits per heavy atom. The van der Waals surface area contributed by atoms with Crippen molar-refractivity contribution in [2.75, 3.05) is 6.61 Å². The molecule has 0 aromatic heterocycles. The maximum absolute atomic E-state index is 13.9. The molecule has 10 heteroatoms. The Labute approximate surface area is 204 Å². The lowest BCUT2D eigenvalue weighted by Gasteiger charge is -2.13. The van der Waals surface area contributed by atoms with Gasteiger partial charge < -0.3 is 14.2 Å². The van der Waals surface area contributed by atoms with E-state index < -0.39 is 10.9 Å². The number of benzene rings is 3. The first-order chi connectivity index (χ1) is 16.9. The zero-order valence-corrected chi connectivity index (χ0v) is 19.1. The molecule has 0 saturated carbocycles. The van der Waals surface area contributed by atoms with Gasteiger partial charge in [-0.1, -0.05) is 35.9 Å². The van der Waals surface area contributed by atoms with Crippen LogP contribution in [0.25, 0.3) is 6.08 Å². The van der Waals surface area contributed by atoms with Crippen LogP contribution in [0.15, 0.2) is 71.4 Å². The van der Waals surface area contributed by atoms with Crippen molar-refractivity contribution in [3.63, 3.8) is 0 Å². The first-order valence-corrected chi connectivity index (χ1v) is 10.8. The van der Waals surface area contributed by atoms with Gasteiger partial charge in [0.2, 0.25) is 5.90 Å². The topological polar surface area (TPSA) is 100 Å². The van der Waals surface area contributed by atoms with Crippen LogP contribution in [0.2, 0.25) is 5.02 Å². The van der Waals surface area contributed by atoms with Crippen LogP contribution in [0.1, 0.15) is 23.6 Å². The summed E-state index contributed by atoms with van der Waals surface area (Å²) in [6, 6.07) is 15.1. The highest BCUT2D eigenvalue weighted by Crippen LogP contribution is 2.32. The number of rotatable bonds is 8. The fourth-order valence-corrected chi connectivity index (χ4v) is 3.50. The molecule has 4 rings (SSSR count). The number of non-ortho nitro benzene ring substituents is 1. The van der Waals surface area contributed by atoms with E-state index >= 15 is 0 Å². The van der Waals surface area contributed by atoms with Crippen molar-refractivity contribution < 1.29 is 28.3 Å². The molecule has 0 amide bonds. The van der Waals surface area contributed by atoms with Crippen molar-refractivity contribution >= 4 is 35.2 Å². The fourth-order valence-electron chi connectivity index (χ4n) is 3.25. The van der Waals surface area contributed by atoms with E-state index in [0.717, 1.165) is 6.07 Å². The molecule has 0 unspecified atom stereocenters. The summed E-state index contributed by atoms with van der Waals surface area (Å²) in [5, 5.41) is 10.9. The number of nitro groups is 1. The monoisotopic (exact) mass is 496 g/mol. The van der Waals surface area contributed by atoms with E-state index in [1.165, 1.54) is 24.3 Å². The van der Waals surface area contributed by atoms with Crippen LogP contribution in [0, 0.1) is 15.9 Å². The predicted molar refractivity (Wildman–Crippen MR) is 127 cm³/mol. The smallest absolute Gasteiger partial charge is 0.363 e. The molecule has 178 valence electrons. The lowest BCUT2D eigenvalue weighted by molar-refractivity contribution is -0.384. The zero-order chi connectivity index (χ0) is 24.9. The Kier molecular flexibility index (Phi) is 7.07. The SMILES string of the molecule is CCOc1cc(/C=C2\N=C(c3ccc([N+](=O)[O-])cc3Cl)OC2=O)ccc1OCc1ccccc1F. The zero-order valence-electron chi connectivity index (χ0n) is 18.4. The summed E-state index contributed by atoms with van der Waals surface area (Å²) < 4.78 is 30.5. The summed E-state index contributed by atoms with van der Waals surface area (Å²) in [4.78, 5) is 26.9. The molecule has 0 atom stereocenters. The van der Waals surface area contributed by atoms with Crippen LogP contribution in [-0.4, -0.2) is 23.4 Å². The predicted octanol–water partition coefficient (Wildman–Crippen LogP) is 5.71. The molecule has 0 aliphatic carbocycles. The van der Waals surface area contributed by atoms with Gasteiger partial charge >= 0.3 is 5.97 Å². The van der Waals surface area contributed by atoms with Gasteiger partial charge in [0, 0.05) is 17.7 Å². The maximum Gasteiger partial charge on any atom is 0.363 e. The number of cyclic esters (lactones) is 1. The molecule has 8 nitrogen and oxygen atoms in total. The number of nitro benzene ring substituents is 1. The van der Waals surface area contributed by atoms with Crippen molar-refractivity contribution in [1.82, 2.24) is 0 Å². The first kappa shape index (κ1) is 23.9. The standard InChI is InChI=1S/C25H18ClFN2O6/c1-2-33-23-12-15(7-10-22(23)34-14-16-5-3-4-6-20(16)27)11-21-25(30)35-24(28-21)18-9-8-17(29(31)32)13-19(18)26/h3-13H,2,14H2,1H3/b21-11-. The molecule has 35 heavy (non-hydrogen) atoms. The molecule has 0 bridgehead atoms. The molecule has 1 heterocycles. The summed E-state index contributed by atoms with van der Waals surface area (Å²) in [6.45, 7) is 2.19. The van der Waals surface area contributed by atoms with Gasteiger partial charge in [0.05, 0.1) is 22.1 Å². The molecule has 0 fully saturated rings. The van der Waals surface area contributed by atoms with Crippen molar-refractivity contribution in [1.29, 1.82) is 0 Å². The minimum atomic E-state index is -0.702. The summed E-state index contributed by atoms with van der Waals surface area (Å²) in [7, 11) is 0. The minimum Gasteiger partial charge on any atom is -0.490 e. The third-order valence-corrected chi connectivity index (χ3v) is 5.24. The quantitative estimate of drug-likeness (QED) is 0.171. The van der Waals surface area contributed by atoms with Crippen molar-refractivity contribution in [2.45, 2.75) is 13.5 Å². The summed E-state index contributed by atoms with van der Waals surface area (Å²) >= 11 is 6.12. The number of hydrogen-bond acceptors (Lipinski definition) is 7. The third-order valence-electron chi connectivity index (χ3n) is 4.93. The Hall–Kier alpha value is -4.24. The number of nitrogens with zero attached hydrogens (tertiary/aromatic N) is 2.